The van der Waals surface area contributed by atoms with Gasteiger partial charge in [-0.25, -0.2) is 0 Å². The number of amides is 1. The van der Waals surface area contributed by atoms with Crippen LogP contribution < -0.4 is 10.6 Å². The van der Waals surface area contributed by atoms with E-state index in [9.17, 15) is 4.79 Å². The predicted molar refractivity (Wildman–Crippen MR) is 77.2 cm³/mol. The smallest absolute Gasteiger partial charge is 0.253 e. The van der Waals surface area contributed by atoms with Crippen LogP contribution >= 0.6 is 0 Å². The molecule has 0 spiro atoms. The Bertz CT molecular complexity index is 437. The Labute approximate surface area is 115 Å². The third kappa shape index (κ3) is 3.46. The molecule has 2 rings (SSSR count). The van der Waals surface area contributed by atoms with Crippen molar-refractivity contribution in [2.45, 2.75) is 39.2 Å². The lowest BCUT2D eigenvalue weighted by Gasteiger charge is -2.32. The number of rotatable bonds is 3. The molecule has 1 heterocycles. The first-order chi connectivity index (χ1) is 9.10. The second kappa shape index (κ2) is 6.04. The van der Waals surface area contributed by atoms with Crippen LogP contribution in [-0.4, -0.2) is 24.0 Å². The van der Waals surface area contributed by atoms with Gasteiger partial charge in [0.2, 0.25) is 0 Å². The van der Waals surface area contributed by atoms with E-state index < -0.39 is 0 Å². The van der Waals surface area contributed by atoms with Crippen LogP contribution in [0.1, 0.15) is 43.5 Å². The maximum atomic E-state index is 12.3. The summed E-state index contributed by atoms with van der Waals surface area (Å²) in [6.45, 7) is 4.53. The third-order valence-corrected chi connectivity index (χ3v) is 3.85. The molecule has 2 atom stereocenters. The van der Waals surface area contributed by atoms with Gasteiger partial charge in [-0.15, -0.1) is 0 Å². The van der Waals surface area contributed by atoms with E-state index in [1.54, 1.807) is 25.5 Å². The molecule has 2 N–H and O–H groups in total. The zero-order chi connectivity index (χ0) is 13.8. The topological polar surface area (TPSA) is 54.0 Å². The van der Waals surface area contributed by atoms with Gasteiger partial charge >= 0.3 is 0 Å². The van der Waals surface area contributed by atoms with Crippen molar-refractivity contribution in [1.82, 2.24) is 10.3 Å². The SMILES string of the molecule is CNc1cnccc1C(=O)NC1CC(C)CC(C)C1. The number of hydrogen-bond acceptors (Lipinski definition) is 3. The molecule has 19 heavy (non-hydrogen) atoms. The molecule has 0 radical (unpaired) electrons. The lowest BCUT2D eigenvalue weighted by atomic mass is 9.80. The van der Waals surface area contributed by atoms with E-state index in [0.29, 0.717) is 23.4 Å². The van der Waals surface area contributed by atoms with Gasteiger partial charge in [-0.05, 0) is 37.2 Å². The monoisotopic (exact) mass is 261 g/mol. The van der Waals surface area contributed by atoms with Crippen LogP contribution in [0.5, 0.6) is 0 Å². The molecular weight excluding hydrogens is 238 g/mol. The van der Waals surface area contributed by atoms with Gasteiger partial charge in [0.25, 0.3) is 5.91 Å². The molecule has 1 fully saturated rings. The van der Waals surface area contributed by atoms with E-state index in [-0.39, 0.29) is 5.91 Å². The van der Waals surface area contributed by atoms with Crippen molar-refractivity contribution in [3.05, 3.63) is 24.0 Å². The third-order valence-electron chi connectivity index (χ3n) is 3.85. The molecule has 1 aromatic rings. The number of nitrogens with zero attached hydrogens (tertiary/aromatic N) is 1. The summed E-state index contributed by atoms with van der Waals surface area (Å²) in [5.41, 5.74) is 1.44. The number of anilines is 1. The average Bonchev–Trinajstić information content (AvgIpc) is 2.37. The van der Waals surface area contributed by atoms with E-state index >= 15 is 0 Å². The van der Waals surface area contributed by atoms with Gasteiger partial charge in [-0.2, -0.15) is 0 Å². The fourth-order valence-electron chi connectivity index (χ4n) is 3.12. The zero-order valence-corrected chi connectivity index (χ0v) is 11.9. The number of carbonyl (C=O) groups is 1. The molecule has 4 heteroatoms. The van der Waals surface area contributed by atoms with Gasteiger partial charge in [-0.3, -0.25) is 9.78 Å². The van der Waals surface area contributed by atoms with Crippen molar-refractivity contribution in [2.24, 2.45) is 11.8 Å². The molecule has 0 aromatic carbocycles. The van der Waals surface area contributed by atoms with Crippen molar-refractivity contribution >= 4 is 11.6 Å². The molecule has 1 aliphatic carbocycles. The lowest BCUT2D eigenvalue weighted by Crippen LogP contribution is -2.40. The van der Waals surface area contributed by atoms with Crippen LogP contribution in [0.4, 0.5) is 5.69 Å². The highest BCUT2D eigenvalue weighted by atomic mass is 16.1. The summed E-state index contributed by atoms with van der Waals surface area (Å²) in [5, 5.41) is 6.17. The number of carbonyl (C=O) groups excluding carboxylic acids is 1. The Morgan fingerprint density at radius 3 is 2.58 bits per heavy atom. The molecule has 1 aliphatic rings. The Morgan fingerprint density at radius 1 is 1.26 bits per heavy atom. The van der Waals surface area contributed by atoms with Crippen LogP contribution in [0.25, 0.3) is 0 Å². The first kappa shape index (κ1) is 13.8. The number of hydrogen-bond donors (Lipinski definition) is 2. The number of pyridine rings is 1. The van der Waals surface area contributed by atoms with Crippen molar-refractivity contribution in [2.75, 3.05) is 12.4 Å². The summed E-state index contributed by atoms with van der Waals surface area (Å²) in [6.07, 6.45) is 6.76. The maximum Gasteiger partial charge on any atom is 0.253 e. The standard InChI is InChI=1S/C15H23N3O/c1-10-6-11(2)8-12(7-10)18-15(19)13-4-5-17-9-14(13)16-3/h4-5,9-12,16H,6-8H2,1-3H3,(H,18,19). The summed E-state index contributed by atoms with van der Waals surface area (Å²) >= 11 is 0. The maximum absolute atomic E-state index is 12.3. The van der Waals surface area contributed by atoms with E-state index in [1.807, 2.05) is 0 Å². The average molecular weight is 261 g/mol. The molecule has 1 aromatic heterocycles. The van der Waals surface area contributed by atoms with E-state index in [4.69, 9.17) is 0 Å². The summed E-state index contributed by atoms with van der Waals surface area (Å²) in [6, 6.07) is 2.06. The first-order valence-electron chi connectivity index (χ1n) is 7.02. The van der Waals surface area contributed by atoms with Crippen LogP contribution in [-0.2, 0) is 0 Å². The van der Waals surface area contributed by atoms with Gasteiger partial charge in [-0.1, -0.05) is 13.8 Å². The van der Waals surface area contributed by atoms with E-state index in [1.165, 1.54) is 6.42 Å². The largest absolute Gasteiger partial charge is 0.386 e. The number of nitrogens with one attached hydrogen (secondary N) is 2. The van der Waals surface area contributed by atoms with Crippen LogP contribution in [0.15, 0.2) is 18.5 Å². The minimum atomic E-state index is -0.00181. The molecule has 1 saturated carbocycles. The molecule has 1 amide bonds. The summed E-state index contributed by atoms with van der Waals surface area (Å²) in [4.78, 5) is 16.4. The normalized spacial score (nSPS) is 26.8. The quantitative estimate of drug-likeness (QED) is 0.879. The zero-order valence-electron chi connectivity index (χ0n) is 11.9. The minimum Gasteiger partial charge on any atom is -0.386 e. The Kier molecular flexibility index (Phi) is 4.40. The Hall–Kier alpha value is -1.58. The fraction of sp³-hybridized carbons (Fsp3) is 0.600. The Morgan fingerprint density at radius 2 is 1.95 bits per heavy atom. The van der Waals surface area contributed by atoms with Gasteiger partial charge in [0.1, 0.15) is 0 Å². The van der Waals surface area contributed by atoms with Gasteiger partial charge in [0, 0.05) is 19.3 Å². The Balaban J connectivity index is 2.04. The summed E-state index contributed by atoms with van der Waals surface area (Å²) in [7, 11) is 1.80. The second-order valence-corrected chi connectivity index (χ2v) is 5.76. The van der Waals surface area contributed by atoms with Crippen LogP contribution in [0.2, 0.25) is 0 Å². The minimum absolute atomic E-state index is 0.00181. The van der Waals surface area contributed by atoms with E-state index in [0.717, 1.165) is 18.5 Å². The number of aromatic nitrogens is 1. The molecule has 0 bridgehead atoms. The van der Waals surface area contributed by atoms with E-state index in [2.05, 4.69) is 29.5 Å². The van der Waals surface area contributed by atoms with Gasteiger partial charge in [0.05, 0.1) is 17.4 Å². The summed E-state index contributed by atoms with van der Waals surface area (Å²) in [5.74, 6) is 1.38. The predicted octanol–water partition coefficient (Wildman–Crippen LogP) is 2.68. The second-order valence-electron chi connectivity index (χ2n) is 5.76. The first-order valence-corrected chi connectivity index (χ1v) is 7.02. The molecular formula is C15H23N3O. The lowest BCUT2D eigenvalue weighted by molar-refractivity contribution is 0.0912. The van der Waals surface area contributed by atoms with Crippen molar-refractivity contribution in [1.29, 1.82) is 0 Å². The van der Waals surface area contributed by atoms with Crippen molar-refractivity contribution in [3.63, 3.8) is 0 Å². The molecule has 104 valence electrons. The fourth-order valence-corrected chi connectivity index (χ4v) is 3.12. The highest BCUT2D eigenvalue weighted by molar-refractivity contribution is 5.99. The van der Waals surface area contributed by atoms with Crippen molar-refractivity contribution < 1.29 is 4.79 Å². The molecule has 2 unspecified atom stereocenters. The highest BCUT2D eigenvalue weighted by Gasteiger charge is 2.25. The van der Waals surface area contributed by atoms with Crippen molar-refractivity contribution in [3.8, 4) is 0 Å². The molecule has 0 aliphatic heterocycles. The molecule has 0 saturated heterocycles. The highest BCUT2D eigenvalue weighted by Crippen LogP contribution is 2.28. The van der Waals surface area contributed by atoms with Crippen LogP contribution in [0.3, 0.4) is 0 Å². The van der Waals surface area contributed by atoms with Crippen LogP contribution in [0, 0.1) is 11.8 Å². The van der Waals surface area contributed by atoms with Gasteiger partial charge in [0.15, 0.2) is 0 Å². The van der Waals surface area contributed by atoms with Gasteiger partial charge < -0.3 is 10.6 Å². The molecule has 4 nitrogen and oxygen atoms in total. The summed E-state index contributed by atoms with van der Waals surface area (Å²) < 4.78 is 0.